The predicted octanol–water partition coefficient (Wildman–Crippen LogP) is 3.74. The van der Waals surface area contributed by atoms with Gasteiger partial charge in [-0.3, -0.25) is 0 Å². The zero-order valence-corrected chi connectivity index (χ0v) is 7.84. The zero-order valence-electron chi connectivity index (χ0n) is 7.03. The first-order valence-corrected chi connectivity index (χ1v) is 5.37. The van der Waals surface area contributed by atoms with Gasteiger partial charge in [-0.25, -0.2) is 0 Å². The van der Waals surface area contributed by atoms with Crippen LogP contribution in [0.15, 0.2) is 0 Å². The highest BCUT2D eigenvalue weighted by Crippen LogP contribution is 2.37. The normalized spacial score (nSPS) is 33.0. The highest BCUT2D eigenvalue weighted by molar-refractivity contribution is 8.11. The number of hydrogen-bond donors (Lipinski definition) is 0. The van der Waals surface area contributed by atoms with Crippen molar-refractivity contribution in [3.05, 3.63) is 0 Å². The van der Waals surface area contributed by atoms with Gasteiger partial charge >= 0.3 is 5.37 Å². The van der Waals surface area contributed by atoms with Crippen LogP contribution in [0.2, 0.25) is 0 Å². The Kier molecular flexibility index (Phi) is 3.62. The average Bonchev–Trinajstić information content (AvgIpc) is 2.04. The molecule has 0 aromatic heterocycles. The summed E-state index contributed by atoms with van der Waals surface area (Å²) in [7, 11) is -2.24. The molecule has 1 fully saturated rings. The fourth-order valence-corrected chi connectivity index (χ4v) is 2.50. The third-order valence-corrected chi connectivity index (χ3v) is 3.75. The fourth-order valence-electron chi connectivity index (χ4n) is 1.56. The van der Waals surface area contributed by atoms with E-state index in [2.05, 4.69) is 6.92 Å². The second-order valence-electron chi connectivity index (χ2n) is 3.39. The lowest BCUT2D eigenvalue weighted by Crippen LogP contribution is -2.15. The summed E-state index contributed by atoms with van der Waals surface area (Å²) in [6.45, 7) is 2.09. The van der Waals surface area contributed by atoms with Crippen molar-refractivity contribution < 1.29 is 12.7 Å². The molecule has 0 saturated heterocycles. The molecule has 0 heterocycles. The van der Waals surface area contributed by atoms with Crippen LogP contribution in [0, 0.1) is 5.92 Å². The van der Waals surface area contributed by atoms with Crippen LogP contribution in [-0.2, 0) is 0 Å². The van der Waals surface area contributed by atoms with Crippen LogP contribution in [0.25, 0.3) is 0 Å². The van der Waals surface area contributed by atoms with Gasteiger partial charge in [-0.1, -0.05) is 6.92 Å². The third kappa shape index (κ3) is 2.51. The Morgan fingerprint density at radius 1 is 1.17 bits per heavy atom. The molecular weight excluding hydrogens is 185 g/mol. The summed E-state index contributed by atoms with van der Waals surface area (Å²) in [6, 6.07) is 0. The average molecular weight is 198 g/mol. The Labute approximate surface area is 73.4 Å². The first-order valence-electron chi connectivity index (χ1n) is 4.18. The highest BCUT2D eigenvalue weighted by Gasteiger charge is 2.23. The Hall–Kier alpha value is 0.01000. The van der Waals surface area contributed by atoms with Crippen molar-refractivity contribution >= 4 is 16.2 Å². The molecule has 1 atom stereocenters. The van der Waals surface area contributed by atoms with Gasteiger partial charge in [0.1, 0.15) is 0 Å². The molecule has 1 aliphatic rings. The molecule has 72 valence electrons. The topological polar surface area (TPSA) is 0 Å². The van der Waals surface area contributed by atoms with Gasteiger partial charge in [0.2, 0.25) is 0 Å². The summed E-state index contributed by atoms with van der Waals surface area (Å²) in [5, 5.41) is -2.42. The predicted molar refractivity (Wildman–Crippen MR) is 47.3 cm³/mol. The molecule has 1 aliphatic carbocycles. The van der Waals surface area contributed by atoms with Gasteiger partial charge < -0.3 is 0 Å². The number of halogens is 3. The molecule has 0 bridgehead atoms. The highest BCUT2D eigenvalue weighted by atomic mass is 32.2. The summed E-state index contributed by atoms with van der Waals surface area (Å²) in [5.74, 6) is 0.584. The molecule has 1 saturated carbocycles. The van der Waals surface area contributed by atoms with Crippen molar-refractivity contribution in [2.45, 2.75) is 37.9 Å². The van der Waals surface area contributed by atoms with Crippen LogP contribution in [-0.4, -0.2) is 10.6 Å². The van der Waals surface area contributed by atoms with E-state index in [9.17, 15) is 12.7 Å². The monoisotopic (exact) mass is 198 g/mol. The second kappa shape index (κ2) is 4.30. The van der Waals surface area contributed by atoms with Crippen molar-refractivity contribution in [1.29, 1.82) is 0 Å². The van der Waals surface area contributed by atoms with Crippen molar-refractivity contribution in [2.24, 2.45) is 5.92 Å². The van der Waals surface area contributed by atoms with E-state index in [-0.39, 0.29) is 0 Å². The molecular formula is C8H13F3S. The van der Waals surface area contributed by atoms with Crippen molar-refractivity contribution in [1.82, 2.24) is 0 Å². The molecule has 0 aromatic rings. The molecule has 0 aromatic carbocycles. The van der Waals surface area contributed by atoms with Crippen molar-refractivity contribution in [3.63, 3.8) is 0 Å². The van der Waals surface area contributed by atoms with Gasteiger partial charge in [-0.2, -0.15) is 12.7 Å². The smallest absolute Gasteiger partial charge is 0.168 e. The van der Waals surface area contributed by atoms with E-state index in [4.69, 9.17) is 0 Å². The number of rotatable bonds is 1. The van der Waals surface area contributed by atoms with Gasteiger partial charge in [0.05, 0.1) is 10.9 Å². The van der Waals surface area contributed by atoms with E-state index in [0.717, 1.165) is 12.8 Å². The Morgan fingerprint density at radius 2 is 1.67 bits per heavy atom. The standard InChI is InChI=1S/C8H13F3S/c1-6-2-4-7(5-3-6)12(11)8(9)10/h6-7H,2-5H2,1H3. The molecule has 4 heteroatoms. The van der Waals surface area contributed by atoms with E-state index >= 15 is 0 Å². The van der Waals surface area contributed by atoms with Crippen LogP contribution >= 0.6 is 10.9 Å². The van der Waals surface area contributed by atoms with Gasteiger partial charge in [0.15, 0.2) is 0 Å². The SMILES string of the molecule is CC1CCC(S(F)=C(F)F)CC1. The van der Waals surface area contributed by atoms with Gasteiger partial charge in [0.25, 0.3) is 0 Å². The van der Waals surface area contributed by atoms with Crippen LogP contribution in [0.1, 0.15) is 32.6 Å². The van der Waals surface area contributed by atoms with E-state index in [1.165, 1.54) is 0 Å². The molecule has 1 rings (SSSR count). The van der Waals surface area contributed by atoms with Gasteiger partial charge in [-0.15, -0.1) is 0 Å². The van der Waals surface area contributed by atoms with E-state index < -0.39 is 21.5 Å². The van der Waals surface area contributed by atoms with Crippen molar-refractivity contribution in [2.75, 3.05) is 0 Å². The van der Waals surface area contributed by atoms with Crippen molar-refractivity contribution in [3.8, 4) is 0 Å². The van der Waals surface area contributed by atoms with E-state index in [1.54, 1.807) is 0 Å². The number of hydrogen-bond acceptors (Lipinski definition) is 0. The lowest BCUT2D eigenvalue weighted by molar-refractivity contribution is 0.390. The van der Waals surface area contributed by atoms with Crippen LogP contribution < -0.4 is 0 Å². The fraction of sp³-hybridized carbons (Fsp3) is 0.875. The van der Waals surface area contributed by atoms with E-state index in [1.807, 2.05) is 0 Å². The zero-order chi connectivity index (χ0) is 9.14. The first kappa shape index (κ1) is 10.1. The lowest BCUT2D eigenvalue weighted by atomic mass is 9.91. The Morgan fingerprint density at radius 3 is 2.08 bits per heavy atom. The summed E-state index contributed by atoms with van der Waals surface area (Å²) in [6.07, 6.45) is 3.03. The molecule has 1 unspecified atom stereocenters. The molecule has 0 nitrogen and oxygen atoms in total. The molecule has 0 aliphatic heterocycles. The minimum atomic E-state index is -2.24. The Balaban J connectivity index is 2.50. The van der Waals surface area contributed by atoms with Crippen LogP contribution in [0.4, 0.5) is 12.7 Å². The summed E-state index contributed by atoms with van der Waals surface area (Å²) in [5.41, 5.74) is 0. The summed E-state index contributed by atoms with van der Waals surface area (Å²) >= 11 is 0. The molecule has 0 amide bonds. The molecule has 12 heavy (non-hydrogen) atoms. The van der Waals surface area contributed by atoms with Gasteiger partial charge in [0, 0.05) is 5.25 Å². The van der Waals surface area contributed by atoms with Crippen LogP contribution in [0.3, 0.4) is 0 Å². The maximum Gasteiger partial charge on any atom is 0.324 e. The second-order valence-corrected chi connectivity index (χ2v) is 4.94. The van der Waals surface area contributed by atoms with E-state index in [0.29, 0.717) is 18.8 Å². The largest absolute Gasteiger partial charge is 0.324 e. The minimum absolute atomic E-state index is 0.397. The lowest BCUT2D eigenvalue weighted by Gasteiger charge is -2.24. The summed E-state index contributed by atoms with van der Waals surface area (Å²) in [4.78, 5) is 0. The molecule has 0 N–H and O–H groups in total. The maximum absolute atomic E-state index is 12.8. The molecule has 0 radical (unpaired) electrons. The quantitative estimate of drug-likeness (QED) is 0.444. The minimum Gasteiger partial charge on any atom is -0.168 e. The third-order valence-electron chi connectivity index (χ3n) is 2.40. The van der Waals surface area contributed by atoms with Gasteiger partial charge in [-0.05, 0) is 31.6 Å². The van der Waals surface area contributed by atoms with Crippen LogP contribution in [0.5, 0.6) is 0 Å². The first-order chi connectivity index (χ1) is 5.61. The maximum atomic E-state index is 12.8. The molecule has 0 spiro atoms. The Bertz CT molecular complexity index is 179. The summed E-state index contributed by atoms with van der Waals surface area (Å²) < 4.78 is 36.5.